The summed E-state index contributed by atoms with van der Waals surface area (Å²) in [6, 6.07) is 53.0. The van der Waals surface area contributed by atoms with Gasteiger partial charge in [-0.15, -0.1) is 22.7 Å². The van der Waals surface area contributed by atoms with Crippen LogP contribution in [0.2, 0.25) is 0 Å². The van der Waals surface area contributed by atoms with Crippen molar-refractivity contribution in [3.8, 4) is 45.3 Å². The lowest BCUT2D eigenvalue weighted by molar-refractivity contribution is 0.670. The van der Waals surface area contributed by atoms with E-state index >= 15 is 0 Å². The summed E-state index contributed by atoms with van der Waals surface area (Å²) in [5, 5.41) is 7.11. The lowest BCUT2D eigenvalue weighted by Crippen LogP contribution is -2.00. The van der Waals surface area contributed by atoms with E-state index in [1.54, 1.807) is 22.7 Å². The highest BCUT2D eigenvalue weighted by molar-refractivity contribution is 7.27. The van der Waals surface area contributed by atoms with E-state index in [1.165, 1.54) is 35.6 Å². The van der Waals surface area contributed by atoms with Crippen LogP contribution in [0.15, 0.2) is 156 Å². The molecule has 4 heterocycles. The van der Waals surface area contributed by atoms with Crippen LogP contribution in [0, 0.1) is 0 Å². The highest BCUT2D eigenvalue weighted by Gasteiger charge is 2.21. The summed E-state index contributed by atoms with van der Waals surface area (Å²) in [6.07, 6.45) is 0. The SMILES string of the molecule is c1ccc(-c2nc(-c3cccc4c3sc3ccccc34)nc(-c3cccc4c3sc3c(-c5cccc6c5oc5ccccc56)cccc34)n2)cc1. The second-order valence-electron chi connectivity index (χ2n) is 12.7. The topological polar surface area (TPSA) is 51.8 Å². The van der Waals surface area contributed by atoms with Gasteiger partial charge in [-0.05, 0) is 24.3 Å². The fourth-order valence-corrected chi connectivity index (χ4v) is 9.97. The molecule has 0 fully saturated rings. The first-order valence-electron chi connectivity index (χ1n) is 16.9. The highest BCUT2D eigenvalue weighted by Crippen LogP contribution is 2.46. The molecule has 0 radical (unpaired) electrons. The zero-order valence-corrected chi connectivity index (χ0v) is 28.6. The smallest absolute Gasteiger partial charge is 0.165 e. The molecule has 0 aliphatic heterocycles. The third-order valence-corrected chi connectivity index (χ3v) is 12.3. The van der Waals surface area contributed by atoms with Crippen molar-refractivity contribution in [3.05, 3.63) is 152 Å². The summed E-state index contributed by atoms with van der Waals surface area (Å²) in [6.45, 7) is 0. The molecule has 0 atom stereocenters. The Bertz CT molecular complexity index is 3160. The van der Waals surface area contributed by atoms with Crippen LogP contribution in [0.25, 0.3) is 108 Å². The van der Waals surface area contributed by atoms with Gasteiger partial charge in [-0.25, -0.2) is 15.0 Å². The summed E-state index contributed by atoms with van der Waals surface area (Å²) in [5.41, 5.74) is 7.02. The van der Waals surface area contributed by atoms with Gasteiger partial charge in [0.1, 0.15) is 11.2 Å². The van der Waals surface area contributed by atoms with Crippen molar-refractivity contribution in [2.45, 2.75) is 0 Å². The molecular weight excluding hydrogens is 663 g/mol. The van der Waals surface area contributed by atoms with Gasteiger partial charge in [-0.2, -0.15) is 0 Å². The van der Waals surface area contributed by atoms with Crippen LogP contribution in [0.5, 0.6) is 0 Å². The minimum Gasteiger partial charge on any atom is -0.455 e. The van der Waals surface area contributed by atoms with Crippen molar-refractivity contribution in [2.24, 2.45) is 0 Å². The van der Waals surface area contributed by atoms with Crippen LogP contribution in [0.1, 0.15) is 0 Å². The maximum absolute atomic E-state index is 6.49. The minimum atomic E-state index is 0.657. The van der Waals surface area contributed by atoms with Crippen LogP contribution < -0.4 is 0 Å². The maximum Gasteiger partial charge on any atom is 0.165 e. The van der Waals surface area contributed by atoms with Crippen molar-refractivity contribution in [1.29, 1.82) is 0 Å². The van der Waals surface area contributed by atoms with Crippen molar-refractivity contribution in [1.82, 2.24) is 15.0 Å². The molecule has 51 heavy (non-hydrogen) atoms. The van der Waals surface area contributed by atoms with Gasteiger partial charge in [-0.3, -0.25) is 0 Å². The Labute approximate surface area is 299 Å². The standard InChI is InChI=1S/C45H25N3OS2/c1-2-12-26(13-3-1)43-46-44(35-22-10-18-31-28-15-5-7-25-38(28)50-41(31)35)48-45(47-43)36-23-11-21-34-33-20-9-19-32(40(33)51-42(34)36)30-17-8-16-29-27-14-4-6-24-37(27)49-39(29)30/h1-25H. The molecule has 0 saturated carbocycles. The van der Waals surface area contributed by atoms with Gasteiger partial charge < -0.3 is 4.42 Å². The van der Waals surface area contributed by atoms with E-state index < -0.39 is 0 Å². The zero-order chi connectivity index (χ0) is 33.5. The van der Waals surface area contributed by atoms with Crippen LogP contribution in [-0.2, 0) is 0 Å². The van der Waals surface area contributed by atoms with Crippen molar-refractivity contribution in [2.75, 3.05) is 0 Å². The molecular formula is C45H25N3OS2. The molecule has 0 aliphatic rings. The number of hydrogen-bond donors (Lipinski definition) is 0. The predicted molar refractivity (Wildman–Crippen MR) is 215 cm³/mol. The molecule has 0 unspecified atom stereocenters. The number of rotatable bonds is 4. The number of furan rings is 1. The fraction of sp³-hybridized carbons (Fsp3) is 0. The summed E-state index contributed by atoms with van der Waals surface area (Å²) in [4.78, 5) is 15.5. The van der Waals surface area contributed by atoms with Crippen LogP contribution >= 0.6 is 22.7 Å². The van der Waals surface area contributed by atoms with Gasteiger partial charge in [0, 0.05) is 78.9 Å². The number of para-hydroxylation sites is 2. The largest absolute Gasteiger partial charge is 0.455 e. The number of thiophene rings is 2. The first-order valence-corrected chi connectivity index (χ1v) is 18.5. The van der Waals surface area contributed by atoms with E-state index in [9.17, 15) is 0 Å². The maximum atomic E-state index is 6.49. The molecule has 0 spiro atoms. The Kier molecular flexibility index (Phi) is 6.26. The molecule has 0 saturated heterocycles. The van der Waals surface area contributed by atoms with Gasteiger partial charge in [0.05, 0.1) is 0 Å². The van der Waals surface area contributed by atoms with Gasteiger partial charge in [0.15, 0.2) is 17.5 Å². The number of hydrogen-bond acceptors (Lipinski definition) is 6. The quantitative estimate of drug-likeness (QED) is 0.185. The average Bonchev–Trinajstić information content (AvgIpc) is 3.89. The number of aromatic nitrogens is 3. The molecule has 11 aromatic rings. The second kappa shape index (κ2) is 11.2. The van der Waals surface area contributed by atoms with Crippen molar-refractivity contribution in [3.63, 3.8) is 0 Å². The minimum absolute atomic E-state index is 0.657. The van der Waals surface area contributed by atoms with Gasteiger partial charge >= 0.3 is 0 Å². The van der Waals surface area contributed by atoms with Gasteiger partial charge in [0.2, 0.25) is 0 Å². The summed E-state index contributed by atoms with van der Waals surface area (Å²) >= 11 is 3.58. The zero-order valence-electron chi connectivity index (χ0n) is 27.0. The lowest BCUT2D eigenvalue weighted by atomic mass is 10.00. The number of fused-ring (bicyclic) bond motifs is 9. The fourth-order valence-electron chi connectivity index (χ4n) is 7.42. The van der Waals surface area contributed by atoms with Crippen molar-refractivity contribution >= 4 is 85.0 Å². The molecule has 238 valence electrons. The molecule has 4 aromatic heterocycles. The van der Waals surface area contributed by atoms with E-state index in [-0.39, 0.29) is 0 Å². The highest BCUT2D eigenvalue weighted by atomic mass is 32.1. The van der Waals surface area contributed by atoms with Crippen LogP contribution in [-0.4, -0.2) is 15.0 Å². The first kappa shape index (κ1) is 28.6. The van der Waals surface area contributed by atoms with Crippen LogP contribution in [0.3, 0.4) is 0 Å². The van der Waals surface area contributed by atoms with Crippen LogP contribution in [0.4, 0.5) is 0 Å². The second-order valence-corrected chi connectivity index (χ2v) is 14.8. The molecule has 4 nitrogen and oxygen atoms in total. The number of benzene rings is 7. The molecule has 0 amide bonds. The molecule has 0 N–H and O–H groups in total. The first-order chi connectivity index (χ1) is 25.3. The van der Waals surface area contributed by atoms with E-state index in [0.717, 1.165) is 54.5 Å². The Morgan fingerprint density at radius 1 is 0.353 bits per heavy atom. The van der Waals surface area contributed by atoms with E-state index in [0.29, 0.717) is 17.5 Å². The average molecular weight is 688 g/mol. The summed E-state index contributed by atoms with van der Waals surface area (Å²) in [7, 11) is 0. The number of nitrogens with zero attached hydrogens (tertiary/aromatic N) is 3. The van der Waals surface area contributed by atoms with E-state index in [4.69, 9.17) is 19.4 Å². The Morgan fingerprint density at radius 2 is 0.863 bits per heavy atom. The molecule has 11 rings (SSSR count). The Hall–Kier alpha value is -6.21. The summed E-state index contributed by atoms with van der Waals surface area (Å²) < 4.78 is 11.3. The summed E-state index contributed by atoms with van der Waals surface area (Å²) in [5.74, 6) is 1.99. The molecule has 7 aromatic carbocycles. The predicted octanol–water partition coefficient (Wildman–Crippen LogP) is 13.2. The molecule has 0 aliphatic carbocycles. The van der Waals surface area contributed by atoms with E-state index in [1.807, 2.05) is 30.3 Å². The third kappa shape index (κ3) is 4.40. The normalized spacial score (nSPS) is 11.9. The van der Waals surface area contributed by atoms with Gasteiger partial charge in [0.25, 0.3) is 0 Å². The monoisotopic (exact) mass is 687 g/mol. The third-order valence-electron chi connectivity index (χ3n) is 9.77. The molecule has 0 bridgehead atoms. The Morgan fingerprint density at radius 3 is 1.61 bits per heavy atom. The van der Waals surface area contributed by atoms with E-state index in [2.05, 4.69) is 121 Å². The Balaban J connectivity index is 1.15. The van der Waals surface area contributed by atoms with Crippen molar-refractivity contribution < 1.29 is 4.42 Å². The molecule has 6 heteroatoms. The lowest BCUT2D eigenvalue weighted by Gasteiger charge is -2.09. The van der Waals surface area contributed by atoms with Gasteiger partial charge in [-0.1, -0.05) is 127 Å².